The number of benzene rings is 3. The first-order chi connectivity index (χ1) is 12.0. The number of hydrogen-bond donors (Lipinski definition) is 1. The summed E-state index contributed by atoms with van der Waals surface area (Å²) in [6.45, 7) is 2.03. The Hall–Kier alpha value is -1.51. The van der Waals surface area contributed by atoms with E-state index >= 15 is 0 Å². The number of hydrogen-bond acceptors (Lipinski definition) is 1. The van der Waals surface area contributed by atoms with Crippen LogP contribution in [0.2, 0.25) is 10.0 Å². The van der Waals surface area contributed by atoms with E-state index in [1.165, 1.54) is 16.3 Å². The Kier molecular flexibility index (Phi) is 7.55. The van der Waals surface area contributed by atoms with Crippen LogP contribution in [-0.2, 0) is 6.42 Å². The van der Waals surface area contributed by atoms with Crippen LogP contribution in [0.25, 0.3) is 16.8 Å². The van der Waals surface area contributed by atoms with Crippen LogP contribution in [0.1, 0.15) is 18.1 Å². The third-order valence-electron chi connectivity index (χ3n) is 4.44. The summed E-state index contributed by atoms with van der Waals surface area (Å²) in [6, 6.07) is 20.7. The molecule has 2 N–H and O–H groups in total. The molecule has 0 saturated heterocycles. The Labute approximate surface area is 171 Å². The average molecular weight is 407 g/mol. The molecule has 2 atom stereocenters. The van der Waals surface area contributed by atoms with E-state index in [-0.39, 0.29) is 24.4 Å². The van der Waals surface area contributed by atoms with Crippen molar-refractivity contribution in [2.45, 2.75) is 19.4 Å². The van der Waals surface area contributed by atoms with Gasteiger partial charge in [-0.15, -0.1) is 12.4 Å². The van der Waals surface area contributed by atoms with Crippen LogP contribution in [0.5, 0.6) is 0 Å². The largest absolute Gasteiger partial charge is 0.327 e. The molecule has 0 spiro atoms. The minimum absolute atomic E-state index is 0. The quantitative estimate of drug-likeness (QED) is 0.496. The van der Waals surface area contributed by atoms with Crippen LogP contribution < -0.4 is 5.73 Å². The summed E-state index contributed by atoms with van der Waals surface area (Å²) >= 11 is 12.1. The van der Waals surface area contributed by atoms with E-state index in [4.69, 9.17) is 28.9 Å². The van der Waals surface area contributed by atoms with Gasteiger partial charge < -0.3 is 5.73 Å². The molecule has 0 aliphatic rings. The Morgan fingerprint density at radius 2 is 1.65 bits per heavy atom. The van der Waals surface area contributed by atoms with Crippen molar-refractivity contribution in [3.63, 3.8) is 0 Å². The zero-order valence-corrected chi connectivity index (χ0v) is 16.9. The third kappa shape index (κ3) is 5.25. The molecule has 0 amide bonds. The van der Waals surface area contributed by atoms with Gasteiger partial charge in [-0.1, -0.05) is 77.8 Å². The molecular weight excluding hydrogens is 385 g/mol. The van der Waals surface area contributed by atoms with Crippen molar-refractivity contribution in [2.24, 2.45) is 11.7 Å². The molecule has 0 bridgehead atoms. The van der Waals surface area contributed by atoms with Crippen molar-refractivity contribution < 1.29 is 0 Å². The number of rotatable bonds is 5. The summed E-state index contributed by atoms with van der Waals surface area (Å²) in [7, 11) is 0. The van der Waals surface area contributed by atoms with E-state index < -0.39 is 0 Å². The zero-order chi connectivity index (χ0) is 17.8. The molecule has 0 heterocycles. The van der Waals surface area contributed by atoms with Gasteiger partial charge in [-0.3, -0.25) is 0 Å². The monoisotopic (exact) mass is 405 g/mol. The van der Waals surface area contributed by atoms with Crippen molar-refractivity contribution in [3.8, 4) is 0 Å². The molecular formula is C22H22Cl3N. The first kappa shape index (κ1) is 20.8. The molecule has 0 radical (unpaired) electrons. The molecule has 0 aliphatic heterocycles. The van der Waals surface area contributed by atoms with Gasteiger partial charge in [0.05, 0.1) is 10.0 Å². The van der Waals surface area contributed by atoms with Crippen LogP contribution in [0, 0.1) is 5.92 Å². The van der Waals surface area contributed by atoms with Crippen LogP contribution >= 0.6 is 35.6 Å². The van der Waals surface area contributed by atoms with Crippen LogP contribution in [-0.4, -0.2) is 6.04 Å². The molecule has 1 nitrogen and oxygen atoms in total. The van der Waals surface area contributed by atoms with Crippen molar-refractivity contribution in [3.05, 3.63) is 87.9 Å². The molecule has 4 heteroatoms. The Morgan fingerprint density at radius 1 is 0.923 bits per heavy atom. The van der Waals surface area contributed by atoms with Gasteiger partial charge in [0.1, 0.15) is 0 Å². The van der Waals surface area contributed by atoms with E-state index in [0.717, 1.165) is 12.0 Å². The standard InChI is InChI=1S/C22H21Cl2N.ClH/c1-15(25)19(13-17-8-11-21(23)22(24)14-17)10-7-16-6-9-18-4-2-3-5-20(18)12-16;/h2-12,14-15,19H,13,25H2,1H3;1H/t15-,19+;/m0./s1. The number of fused-ring (bicyclic) bond motifs is 1. The lowest BCUT2D eigenvalue weighted by atomic mass is 9.92. The minimum Gasteiger partial charge on any atom is -0.327 e. The molecule has 0 fully saturated rings. The fourth-order valence-corrected chi connectivity index (χ4v) is 3.23. The van der Waals surface area contributed by atoms with Crippen LogP contribution in [0.3, 0.4) is 0 Å². The van der Waals surface area contributed by atoms with E-state index in [1.807, 2.05) is 25.1 Å². The molecule has 0 unspecified atom stereocenters. The van der Waals surface area contributed by atoms with E-state index in [2.05, 4.69) is 54.6 Å². The predicted octanol–water partition coefficient (Wildman–Crippen LogP) is 6.79. The SMILES string of the molecule is C[C@H](N)[C@H](C=Cc1ccc2ccccc2c1)Cc1ccc(Cl)c(Cl)c1.Cl. The lowest BCUT2D eigenvalue weighted by Gasteiger charge is -2.17. The lowest BCUT2D eigenvalue weighted by Crippen LogP contribution is -2.26. The Morgan fingerprint density at radius 3 is 2.35 bits per heavy atom. The maximum atomic E-state index is 6.20. The van der Waals surface area contributed by atoms with Gasteiger partial charge in [0.15, 0.2) is 0 Å². The average Bonchev–Trinajstić information content (AvgIpc) is 2.61. The minimum atomic E-state index is 0. The van der Waals surface area contributed by atoms with Crippen molar-refractivity contribution in [2.75, 3.05) is 0 Å². The highest BCUT2D eigenvalue weighted by Crippen LogP contribution is 2.25. The topological polar surface area (TPSA) is 26.0 Å². The van der Waals surface area contributed by atoms with Crippen LogP contribution in [0.4, 0.5) is 0 Å². The highest BCUT2D eigenvalue weighted by atomic mass is 35.5. The van der Waals surface area contributed by atoms with Gasteiger partial charge in [0, 0.05) is 6.04 Å². The molecule has 3 rings (SSSR count). The fraction of sp³-hybridized carbons (Fsp3) is 0.182. The maximum Gasteiger partial charge on any atom is 0.0595 e. The summed E-state index contributed by atoms with van der Waals surface area (Å²) in [5.41, 5.74) is 8.51. The first-order valence-electron chi connectivity index (χ1n) is 8.39. The predicted molar refractivity (Wildman–Crippen MR) is 118 cm³/mol. The fourth-order valence-electron chi connectivity index (χ4n) is 2.91. The van der Waals surface area contributed by atoms with Gasteiger partial charge in [0.25, 0.3) is 0 Å². The van der Waals surface area contributed by atoms with Gasteiger partial charge >= 0.3 is 0 Å². The number of nitrogens with two attached hydrogens (primary N) is 1. The summed E-state index contributed by atoms with van der Waals surface area (Å²) in [5, 5.41) is 3.65. The smallest absolute Gasteiger partial charge is 0.0595 e. The second-order valence-electron chi connectivity index (χ2n) is 6.44. The highest BCUT2D eigenvalue weighted by molar-refractivity contribution is 6.42. The zero-order valence-electron chi connectivity index (χ0n) is 14.5. The molecule has 3 aromatic rings. The summed E-state index contributed by atoms with van der Waals surface area (Å²) in [4.78, 5) is 0. The number of halogens is 3. The summed E-state index contributed by atoms with van der Waals surface area (Å²) < 4.78 is 0. The molecule has 0 aromatic heterocycles. The second-order valence-corrected chi connectivity index (χ2v) is 7.26. The normalized spacial score (nSPS) is 13.5. The molecule has 0 saturated carbocycles. The maximum absolute atomic E-state index is 6.20. The highest BCUT2D eigenvalue weighted by Gasteiger charge is 2.12. The molecule has 3 aromatic carbocycles. The van der Waals surface area contributed by atoms with E-state index in [1.54, 1.807) is 0 Å². The van der Waals surface area contributed by atoms with Gasteiger partial charge in [-0.05, 0) is 59.4 Å². The molecule has 136 valence electrons. The van der Waals surface area contributed by atoms with Gasteiger partial charge in [0.2, 0.25) is 0 Å². The van der Waals surface area contributed by atoms with Crippen molar-refractivity contribution in [1.82, 2.24) is 0 Å². The van der Waals surface area contributed by atoms with Crippen molar-refractivity contribution in [1.29, 1.82) is 0 Å². The lowest BCUT2D eigenvalue weighted by molar-refractivity contribution is 0.534. The van der Waals surface area contributed by atoms with Crippen molar-refractivity contribution >= 4 is 52.5 Å². The molecule has 26 heavy (non-hydrogen) atoms. The van der Waals surface area contributed by atoms with E-state index in [0.29, 0.717) is 10.0 Å². The summed E-state index contributed by atoms with van der Waals surface area (Å²) in [6.07, 6.45) is 5.17. The van der Waals surface area contributed by atoms with Gasteiger partial charge in [-0.2, -0.15) is 0 Å². The Balaban J connectivity index is 0.00000243. The van der Waals surface area contributed by atoms with E-state index in [9.17, 15) is 0 Å². The molecule has 0 aliphatic carbocycles. The summed E-state index contributed by atoms with van der Waals surface area (Å²) in [5.74, 6) is 0.226. The van der Waals surface area contributed by atoms with Gasteiger partial charge in [-0.25, -0.2) is 0 Å². The van der Waals surface area contributed by atoms with Crippen LogP contribution in [0.15, 0.2) is 66.7 Å². The first-order valence-corrected chi connectivity index (χ1v) is 9.15. The second kappa shape index (κ2) is 9.43. The Bertz CT molecular complexity index is 903. The third-order valence-corrected chi connectivity index (χ3v) is 5.18.